The lowest BCUT2D eigenvalue weighted by molar-refractivity contribution is -0.0386. The molecule has 1 saturated carbocycles. The molecule has 0 unspecified atom stereocenters. The first kappa shape index (κ1) is 11.0. The van der Waals surface area contributed by atoms with E-state index >= 15 is 0 Å². The molecular formula is C10H11F2NO3. The fourth-order valence-corrected chi connectivity index (χ4v) is 1.92. The highest BCUT2D eigenvalue weighted by Gasteiger charge is 2.36. The zero-order valence-corrected chi connectivity index (χ0v) is 8.45. The van der Waals surface area contributed by atoms with Crippen molar-refractivity contribution in [3.63, 3.8) is 0 Å². The molecular weight excluding hydrogens is 220 g/mol. The van der Waals surface area contributed by atoms with Gasteiger partial charge in [-0.1, -0.05) is 5.16 Å². The molecule has 0 aliphatic heterocycles. The first-order chi connectivity index (χ1) is 7.48. The van der Waals surface area contributed by atoms with Crippen LogP contribution >= 0.6 is 0 Å². The zero-order chi connectivity index (χ0) is 11.8. The standard InChI is InChI=1S/C10H11F2NO3/c11-10(12)3-1-6(2-4-10)7-5-8(9(14)15)16-13-7/h5-6H,1-4H2,(H,14,15). The van der Waals surface area contributed by atoms with Crippen LogP contribution in [-0.4, -0.2) is 22.2 Å². The number of nitrogens with zero attached hydrogens (tertiary/aromatic N) is 1. The van der Waals surface area contributed by atoms with Crippen LogP contribution in [0.5, 0.6) is 0 Å². The monoisotopic (exact) mass is 231 g/mol. The van der Waals surface area contributed by atoms with Gasteiger partial charge in [0.05, 0.1) is 5.69 Å². The van der Waals surface area contributed by atoms with Crippen LogP contribution in [0.1, 0.15) is 47.8 Å². The Kier molecular flexibility index (Phi) is 2.65. The summed E-state index contributed by atoms with van der Waals surface area (Å²) in [6.07, 6.45) is 0.289. The van der Waals surface area contributed by atoms with E-state index in [4.69, 9.17) is 5.11 Å². The van der Waals surface area contributed by atoms with Gasteiger partial charge in [0.2, 0.25) is 11.7 Å². The maximum absolute atomic E-state index is 12.9. The normalized spacial score (nSPS) is 20.9. The number of aromatic carboxylic acids is 1. The van der Waals surface area contributed by atoms with Gasteiger partial charge in [0, 0.05) is 24.8 Å². The second-order valence-corrected chi connectivity index (χ2v) is 4.05. The van der Waals surface area contributed by atoms with E-state index in [2.05, 4.69) is 9.68 Å². The summed E-state index contributed by atoms with van der Waals surface area (Å²) >= 11 is 0. The molecule has 16 heavy (non-hydrogen) atoms. The van der Waals surface area contributed by atoms with E-state index in [0.717, 1.165) is 0 Å². The lowest BCUT2D eigenvalue weighted by atomic mass is 9.85. The summed E-state index contributed by atoms with van der Waals surface area (Å²) in [6.45, 7) is 0. The number of rotatable bonds is 2. The number of carboxylic acid groups (broad SMARTS) is 1. The molecule has 0 bridgehead atoms. The molecule has 1 heterocycles. The highest BCUT2D eigenvalue weighted by atomic mass is 19.3. The van der Waals surface area contributed by atoms with E-state index in [1.807, 2.05) is 0 Å². The van der Waals surface area contributed by atoms with Crippen LogP contribution in [0.15, 0.2) is 10.6 Å². The van der Waals surface area contributed by atoms with Crippen LogP contribution < -0.4 is 0 Å². The molecule has 1 aliphatic rings. The summed E-state index contributed by atoms with van der Waals surface area (Å²) in [4.78, 5) is 10.5. The maximum atomic E-state index is 12.9. The molecule has 0 aromatic carbocycles. The molecule has 1 aromatic heterocycles. The Labute approximate surface area is 90.2 Å². The minimum Gasteiger partial charge on any atom is -0.475 e. The predicted molar refractivity (Wildman–Crippen MR) is 49.6 cm³/mol. The van der Waals surface area contributed by atoms with Gasteiger partial charge in [0.25, 0.3) is 0 Å². The number of hydrogen-bond donors (Lipinski definition) is 1. The zero-order valence-electron chi connectivity index (χ0n) is 8.45. The largest absolute Gasteiger partial charge is 0.475 e. The van der Waals surface area contributed by atoms with Crippen LogP contribution in [0.25, 0.3) is 0 Å². The highest BCUT2D eigenvalue weighted by molar-refractivity contribution is 5.84. The molecule has 0 radical (unpaired) electrons. The number of halogens is 2. The van der Waals surface area contributed by atoms with Crippen molar-refractivity contribution in [2.45, 2.75) is 37.5 Å². The smallest absolute Gasteiger partial charge is 0.374 e. The Bertz CT molecular complexity index is 393. The van der Waals surface area contributed by atoms with Crippen molar-refractivity contribution < 1.29 is 23.2 Å². The van der Waals surface area contributed by atoms with Crippen LogP contribution in [-0.2, 0) is 0 Å². The van der Waals surface area contributed by atoms with Gasteiger partial charge in [0.1, 0.15) is 0 Å². The molecule has 0 amide bonds. The van der Waals surface area contributed by atoms with E-state index in [1.165, 1.54) is 6.07 Å². The molecule has 1 N–H and O–H groups in total. The first-order valence-corrected chi connectivity index (χ1v) is 5.06. The highest BCUT2D eigenvalue weighted by Crippen LogP contribution is 2.40. The van der Waals surface area contributed by atoms with Gasteiger partial charge in [-0.15, -0.1) is 0 Å². The van der Waals surface area contributed by atoms with Crippen molar-refractivity contribution in [2.24, 2.45) is 0 Å². The molecule has 2 rings (SSSR count). The van der Waals surface area contributed by atoms with Gasteiger partial charge in [-0.3, -0.25) is 0 Å². The number of carbonyl (C=O) groups is 1. The maximum Gasteiger partial charge on any atom is 0.374 e. The SMILES string of the molecule is O=C(O)c1cc(C2CCC(F)(F)CC2)no1. The van der Waals surface area contributed by atoms with Crippen molar-refractivity contribution in [1.82, 2.24) is 5.16 Å². The molecule has 0 atom stereocenters. The van der Waals surface area contributed by atoms with E-state index in [1.54, 1.807) is 0 Å². The number of hydrogen-bond acceptors (Lipinski definition) is 3. The van der Waals surface area contributed by atoms with E-state index in [-0.39, 0.29) is 24.5 Å². The van der Waals surface area contributed by atoms with Crippen molar-refractivity contribution in [1.29, 1.82) is 0 Å². The summed E-state index contributed by atoms with van der Waals surface area (Å²) in [6, 6.07) is 1.32. The van der Waals surface area contributed by atoms with Crippen LogP contribution in [0.2, 0.25) is 0 Å². The Hall–Kier alpha value is -1.46. The van der Waals surface area contributed by atoms with Crippen molar-refractivity contribution in [3.05, 3.63) is 17.5 Å². The molecule has 88 valence electrons. The Morgan fingerprint density at radius 1 is 1.50 bits per heavy atom. The second kappa shape index (κ2) is 3.84. The minimum absolute atomic E-state index is 0.114. The Balaban J connectivity index is 2.05. The van der Waals surface area contributed by atoms with E-state index in [9.17, 15) is 13.6 Å². The fraction of sp³-hybridized carbons (Fsp3) is 0.600. The molecule has 6 heteroatoms. The van der Waals surface area contributed by atoms with Crippen LogP contribution in [0.3, 0.4) is 0 Å². The van der Waals surface area contributed by atoms with Gasteiger partial charge in [-0.05, 0) is 12.8 Å². The lowest BCUT2D eigenvalue weighted by Crippen LogP contribution is -2.23. The van der Waals surface area contributed by atoms with Gasteiger partial charge >= 0.3 is 5.97 Å². The Morgan fingerprint density at radius 3 is 2.62 bits per heavy atom. The average molecular weight is 231 g/mol. The summed E-state index contributed by atoms with van der Waals surface area (Å²) in [5.41, 5.74) is 0.466. The van der Waals surface area contributed by atoms with Gasteiger partial charge in [0.15, 0.2) is 0 Å². The van der Waals surface area contributed by atoms with Crippen LogP contribution in [0, 0.1) is 0 Å². The van der Waals surface area contributed by atoms with Crippen molar-refractivity contribution >= 4 is 5.97 Å². The molecule has 1 aromatic rings. The summed E-state index contributed by atoms with van der Waals surface area (Å²) in [7, 11) is 0. The van der Waals surface area contributed by atoms with Gasteiger partial charge in [-0.25, -0.2) is 13.6 Å². The van der Waals surface area contributed by atoms with Crippen molar-refractivity contribution in [3.8, 4) is 0 Å². The summed E-state index contributed by atoms with van der Waals surface area (Å²) in [5.74, 6) is -4.14. The first-order valence-electron chi connectivity index (χ1n) is 5.06. The van der Waals surface area contributed by atoms with Gasteiger partial charge in [-0.2, -0.15) is 0 Å². The molecule has 1 aliphatic carbocycles. The number of carboxylic acids is 1. The third kappa shape index (κ3) is 2.20. The topological polar surface area (TPSA) is 63.3 Å². The third-order valence-corrected chi connectivity index (χ3v) is 2.87. The van der Waals surface area contributed by atoms with E-state index < -0.39 is 11.9 Å². The fourth-order valence-electron chi connectivity index (χ4n) is 1.92. The molecule has 1 fully saturated rings. The quantitative estimate of drug-likeness (QED) is 0.849. The Morgan fingerprint density at radius 2 is 2.12 bits per heavy atom. The average Bonchev–Trinajstić information content (AvgIpc) is 2.66. The van der Waals surface area contributed by atoms with Crippen molar-refractivity contribution in [2.75, 3.05) is 0 Å². The third-order valence-electron chi connectivity index (χ3n) is 2.87. The second-order valence-electron chi connectivity index (χ2n) is 4.05. The van der Waals surface area contributed by atoms with Gasteiger partial charge < -0.3 is 9.63 Å². The molecule has 0 saturated heterocycles. The number of aromatic nitrogens is 1. The minimum atomic E-state index is -2.59. The van der Waals surface area contributed by atoms with Crippen LogP contribution in [0.4, 0.5) is 8.78 Å². The summed E-state index contributed by atoms with van der Waals surface area (Å²) in [5, 5.41) is 12.2. The molecule has 4 nitrogen and oxygen atoms in total. The summed E-state index contributed by atoms with van der Waals surface area (Å²) < 4.78 is 30.4. The van der Waals surface area contributed by atoms with E-state index in [0.29, 0.717) is 18.5 Å². The number of alkyl halides is 2. The predicted octanol–water partition coefficient (Wildman–Crippen LogP) is 2.67. The molecule has 0 spiro atoms. The lowest BCUT2D eigenvalue weighted by Gasteiger charge is -2.26.